The van der Waals surface area contributed by atoms with Crippen LogP contribution in [-0.4, -0.2) is 59.3 Å². The van der Waals surface area contributed by atoms with Gasteiger partial charge in [-0.1, -0.05) is 99.6 Å². The molecule has 1 saturated heterocycles. The number of carboxylic acid groups (broad SMARTS) is 1. The van der Waals surface area contributed by atoms with Gasteiger partial charge in [-0.05, 0) is 46.1 Å². The Labute approximate surface area is 247 Å². The van der Waals surface area contributed by atoms with Crippen LogP contribution in [0.2, 0.25) is 0 Å². The highest BCUT2D eigenvalue weighted by atomic mass is 16.5. The number of nitrogens with one attached hydrogen (secondary N) is 2. The second kappa shape index (κ2) is 12.0. The Hall–Kier alpha value is -4.17. The predicted octanol–water partition coefficient (Wildman–Crippen LogP) is 5.18. The zero-order valence-corrected chi connectivity index (χ0v) is 24.4. The molecule has 0 radical (unpaired) electrons. The van der Waals surface area contributed by atoms with E-state index in [0.717, 1.165) is 34.4 Å². The van der Waals surface area contributed by atoms with Crippen molar-refractivity contribution < 1.29 is 24.2 Å². The SMILES string of the molecule is CC(C)(C)C(NC(=O)OCC1c2ccccc2-c2ccccc21)C(=O)NC1(C(=O)O)CCN(Cc2ccccc2)CC1. The third-order valence-corrected chi connectivity index (χ3v) is 8.46. The van der Waals surface area contributed by atoms with Crippen LogP contribution < -0.4 is 10.6 Å². The van der Waals surface area contributed by atoms with Crippen molar-refractivity contribution in [2.24, 2.45) is 5.41 Å². The summed E-state index contributed by atoms with van der Waals surface area (Å²) >= 11 is 0. The van der Waals surface area contributed by atoms with E-state index in [2.05, 4.69) is 27.7 Å². The van der Waals surface area contributed by atoms with Crippen molar-refractivity contribution >= 4 is 18.0 Å². The average Bonchev–Trinajstić information content (AvgIpc) is 3.29. The molecule has 0 bridgehead atoms. The topological polar surface area (TPSA) is 108 Å². The van der Waals surface area contributed by atoms with Crippen LogP contribution in [0.15, 0.2) is 78.9 Å². The number of rotatable bonds is 8. The van der Waals surface area contributed by atoms with Gasteiger partial charge in [-0.2, -0.15) is 0 Å². The van der Waals surface area contributed by atoms with Gasteiger partial charge in [-0.3, -0.25) is 9.69 Å². The van der Waals surface area contributed by atoms with E-state index in [-0.39, 0.29) is 25.4 Å². The Bertz CT molecular complexity index is 1400. The smallest absolute Gasteiger partial charge is 0.407 e. The summed E-state index contributed by atoms with van der Waals surface area (Å²) in [4.78, 5) is 41.3. The van der Waals surface area contributed by atoms with Crippen molar-refractivity contribution in [3.05, 3.63) is 95.6 Å². The normalized spacial score (nSPS) is 17.0. The van der Waals surface area contributed by atoms with E-state index in [9.17, 15) is 19.5 Å². The minimum absolute atomic E-state index is 0.110. The first-order valence-electron chi connectivity index (χ1n) is 14.5. The molecule has 0 saturated carbocycles. The summed E-state index contributed by atoms with van der Waals surface area (Å²) in [6.45, 7) is 7.39. The molecule has 1 aliphatic carbocycles. The highest BCUT2D eigenvalue weighted by molar-refractivity contribution is 5.92. The number of hydrogen-bond donors (Lipinski definition) is 3. The molecular formula is C34H39N3O5. The lowest BCUT2D eigenvalue weighted by Crippen LogP contribution is -2.64. The van der Waals surface area contributed by atoms with Gasteiger partial charge in [0.05, 0.1) is 0 Å². The zero-order chi connectivity index (χ0) is 29.9. The number of alkyl carbamates (subject to hydrolysis) is 1. The molecule has 1 fully saturated rings. The molecule has 3 aromatic rings. The maximum Gasteiger partial charge on any atom is 0.407 e. The van der Waals surface area contributed by atoms with Gasteiger partial charge in [0.25, 0.3) is 0 Å². The van der Waals surface area contributed by atoms with Crippen LogP contribution in [0.25, 0.3) is 11.1 Å². The number of ether oxygens (including phenoxy) is 1. The molecule has 2 amide bonds. The number of carbonyl (C=O) groups is 3. The highest BCUT2D eigenvalue weighted by Gasteiger charge is 2.45. The molecule has 8 heteroatoms. The second-order valence-corrected chi connectivity index (χ2v) is 12.4. The van der Waals surface area contributed by atoms with Gasteiger partial charge in [0.15, 0.2) is 0 Å². The largest absolute Gasteiger partial charge is 0.480 e. The molecule has 0 aromatic heterocycles. The Morgan fingerprint density at radius 3 is 2.00 bits per heavy atom. The molecule has 1 atom stereocenters. The van der Waals surface area contributed by atoms with E-state index in [1.54, 1.807) is 0 Å². The first-order chi connectivity index (χ1) is 20.1. The van der Waals surface area contributed by atoms with Gasteiger partial charge < -0.3 is 20.5 Å². The first kappa shape index (κ1) is 29.3. The number of carbonyl (C=O) groups excluding carboxylic acids is 2. The van der Waals surface area contributed by atoms with Gasteiger partial charge in [0.1, 0.15) is 18.2 Å². The molecule has 42 heavy (non-hydrogen) atoms. The van der Waals surface area contributed by atoms with Crippen LogP contribution in [-0.2, 0) is 20.9 Å². The van der Waals surface area contributed by atoms with Crippen LogP contribution in [0, 0.1) is 5.41 Å². The summed E-state index contributed by atoms with van der Waals surface area (Å²) in [5, 5.41) is 15.8. The number of nitrogens with zero attached hydrogens (tertiary/aromatic N) is 1. The maximum atomic E-state index is 13.6. The minimum Gasteiger partial charge on any atom is -0.480 e. The summed E-state index contributed by atoms with van der Waals surface area (Å²) in [7, 11) is 0. The number of hydrogen-bond acceptors (Lipinski definition) is 5. The van der Waals surface area contributed by atoms with Gasteiger partial charge >= 0.3 is 12.1 Å². The summed E-state index contributed by atoms with van der Waals surface area (Å²) in [5.74, 6) is -1.71. The lowest BCUT2D eigenvalue weighted by Gasteiger charge is -2.41. The van der Waals surface area contributed by atoms with E-state index in [1.807, 2.05) is 87.5 Å². The van der Waals surface area contributed by atoms with Gasteiger partial charge in [0, 0.05) is 25.6 Å². The Morgan fingerprint density at radius 1 is 0.905 bits per heavy atom. The summed E-state index contributed by atoms with van der Waals surface area (Å²) in [6, 6.07) is 25.2. The van der Waals surface area contributed by atoms with E-state index >= 15 is 0 Å². The van der Waals surface area contributed by atoms with Crippen molar-refractivity contribution in [2.75, 3.05) is 19.7 Å². The van der Waals surface area contributed by atoms with Crippen LogP contribution in [0.5, 0.6) is 0 Å². The van der Waals surface area contributed by atoms with Crippen LogP contribution >= 0.6 is 0 Å². The Morgan fingerprint density at radius 2 is 1.45 bits per heavy atom. The lowest BCUT2D eigenvalue weighted by atomic mass is 9.83. The zero-order valence-electron chi connectivity index (χ0n) is 24.4. The van der Waals surface area contributed by atoms with Crippen molar-refractivity contribution in [1.82, 2.24) is 15.5 Å². The second-order valence-electron chi connectivity index (χ2n) is 12.4. The third-order valence-electron chi connectivity index (χ3n) is 8.46. The highest BCUT2D eigenvalue weighted by Crippen LogP contribution is 2.44. The fourth-order valence-corrected chi connectivity index (χ4v) is 6.07. The van der Waals surface area contributed by atoms with Crippen molar-refractivity contribution in [3.8, 4) is 11.1 Å². The predicted molar refractivity (Wildman–Crippen MR) is 161 cm³/mol. The first-order valence-corrected chi connectivity index (χ1v) is 14.5. The van der Waals surface area contributed by atoms with E-state index in [1.165, 1.54) is 0 Å². The van der Waals surface area contributed by atoms with E-state index in [4.69, 9.17) is 4.74 Å². The number of carboxylic acids is 1. The Kier molecular flexibility index (Phi) is 8.36. The van der Waals surface area contributed by atoms with Crippen molar-refractivity contribution in [1.29, 1.82) is 0 Å². The quantitative estimate of drug-likeness (QED) is 0.345. The van der Waals surface area contributed by atoms with Gasteiger partial charge in [-0.25, -0.2) is 9.59 Å². The summed E-state index contributed by atoms with van der Waals surface area (Å²) < 4.78 is 5.70. The standard InChI is InChI=1S/C34H39N3O5/c1-33(2,3)29(30(38)36-34(31(39)40)17-19-37(20-18-34)21-23-11-5-4-6-12-23)35-32(41)42-22-28-26-15-9-7-13-24(26)25-14-8-10-16-27(25)28/h4-16,28-29H,17-22H2,1-3H3,(H,35,41)(H,36,38)(H,39,40). The number of fused-ring (bicyclic) bond motifs is 3. The maximum absolute atomic E-state index is 13.6. The summed E-state index contributed by atoms with van der Waals surface area (Å²) in [5.41, 5.74) is 3.51. The van der Waals surface area contributed by atoms with E-state index in [0.29, 0.717) is 13.1 Å². The van der Waals surface area contributed by atoms with Crippen molar-refractivity contribution in [2.45, 2.75) is 57.7 Å². The number of aliphatic carboxylic acids is 1. The molecular weight excluding hydrogens is 530 g/mol. The molecule has 8 nitrogen and oxygen atoms in total. The number of benzene rings is 3. The number of amides is 2. The molecule has 220 valence electrons. The van der Waals surface area contributed by atoms with E-state index < -0.39 is 35.0 Å². The van der Waals surface area contributed by atoms with Crippen molar-refractivity contribution in [3.63, 3.8) is 0 Å². The van der Waals surface area contributed by atoms with Crippen LogP contribution in [0.3, 0.4) is 0 Å². The minimum atomic E-state index is -1.41. The molecule has 0 spiro atoms. The molecule has 1 heterocycles. The molecule has 1 aliphatic heterocycles. The molecule has 3 aromatic carbocycles. The molecule has 2 aliphatic rings. The fraction of sp³-hybridized carbons (Fsp3) is 0.382. The summed E-state index contributed by atoms with van der Waals surface area (Å²) in [6.07, 6.45) is -0.181. The molecule has 1 unspecified atom stereocenters. The molecule has 5 rings (SSSR count). The van der Waals surface area contributed by atoms with Gasteiger partial charge in [0.2, 0.25) is 5.91 Å². The average molecular weight is 570 g/mol. The number of piperidine rings is 1. The van der Waals surface area contributed by atoms with Crippen LogP contribution in [0.4, 0.5) is 4.79 Å². The number of likely N-dealkylation sites (tertiary alicyclic amines) is 1. The monoisotopic (exact) mass is 569 g/mol. The lowest BCUT2D eigenvalue weighted by molar-refractivity contribution is -0.151. The van der Waals surface area contributed by atoms with Crippen LogP contribution in [0.1, 0.15) is 56.2 Å². The Balaban J connectivity index is 1.23. The molecule has 3 N–H and O–H groups in total. The van der Waals surface area contributed by atoms with Gasteiger partial charge in [-0.15, -0.1) is 0 Å². The third kappa shape index (κ3) is 6.19. The fourth-order valence-electron chi connectivity index (χ4n) is 6.07.